The van der Waals surface area contributed by atoms with E-state index in [1.807, 2.05) is 40.4 Å². The van der Waals surface area contributed by atoms with Crippen LogP contribution in [0.5, 0.6) is 0 Å². The Kier molecular flexibility index (Phi) is 2.66. The van der Waals surface area contributed by atoms with E-state index in [0.29, 0.717) is 16.4 Å². The highest BCUT2D eigenvalue weighted by atomic mass is 35.5. The summed E-state index contributed by atoms with van der Waals surface area (Å²) in [5, 5.41) is 10.3. The number of hydrogen-bond acceptors (Lipinski definition) is 3. The molecule has 0 spiro atoms. The zero-order valence-corrected chi connectivity index (χ0v) is 12.1. The summed E-state index contributed by atoms with van der Waals surface area (Å²) in [5.74, 6) is 1.90. The Morgan fingerprint density at radius 1 is 1.30 bits per heavy atom. The van der Waals surface area contributed by atoms with Gasteiger partial charge in [0.15, 0.2) is 5.65 Å². The molecular weight excluding hydrogens is 290 g/mol. The standard InChI is InChI=1S/C15H10ClN3S/c16-14-11-8-20-6-5-9(11)10(7-17)15-18-12-3-1-2-4-13(12)19(14)15/h1-4H,5-6,8H2. The first-order chi connectivity index (χ1) is 9.81. The normalized spacial score (nSPS) is 14.4. The molecule has 3 aromatic rings. The average Bonchev–Trinajstić information content (AvgIpc) is 2.87. The highest BCUT2D eigenvalue weighted by molar-refractivity contribution is 7.98. The van der Waals surface area contributed by atoms with Crippen LogP contribution in [0.1, 0.15) is 16.7 Å². The van der Waals surface area contributed by atoms with Crippen LogP contribution in [-0.4, -0.2) is 15.1 Å². The van der Waals surface area contributed by atoms with E-state index in [2.05, 4.69) is 11.1 Å². The molecule has 1 aromatic carbocycles. The second kappa shape index (κ2) is 4.41. The summed E-state index contributed by atoms with van der Waals surface area (Å²) in [6.45, 7) is 0. The molecule has 0 unspecified atom stereocenters. The fourth-order valence-electron chi connectivity index (χ4n) is 2.83. The number of halogens is 1. The Labute approximate surface area is 125 Å². The third-order valence-electron chi connectivity index (χ3n) is 3.75. The molecular formula is C15H10ClN3S. The third-order valence-corrected chi connectivity index (χ3v) is 5.13. The van der Waals surface area contributed by atoms with Crippen molar-refractivity contribution in [3.05, 3.63) is 46.1 Å². The molecule has 0 radical (unpaired) electrons. The van der Waals surface area contributed by atoms with Gasteiger partial charge in [-0.2, -0.15) is 17.0 Å². The number of fused-ring (bicyclic) bond motifs is 4. The minimum atomic E-state index is 0.681. The molecule has 3 heterocycles. The number of para-hydroxylation sites is 2. The second-order valence-corrected chi connectivity index (χ2v) is 6.26. The zero-order valence-electron chi connectivity index (χ0n) is 10.6. The lowest BCUT2D eigenvalue weighted by Crippen LogP contribution is -2.09. The summed E-state index contributed by atoms with van der Waals surface area (Å²) >= 11 is 8.47. The lowest BCUT2D eigenvalue weighted by Gasteiger charge is -2.19. The maximum absolute atomic E-state index is 9.55. The van der Waals surface area contributed by atoms with E-state index in [1.165, 1.54) is 0 Å². The number of thioether (sulfide) groups is 1. The minimum absolute atomic E-state index is 0.681. The highest BCUT2D eigenvalue weighted by Gasteiger charge is 2.23. The summed E-state index contributed by atoms with van der Waals surface area (Å²) in [5.41, 5.74) is 5.38. The zero-order chi connectivity index (χ0) is 13.7. The molecule has 0 aliphatic carbocycles. The molecule has 20 heavy (non-hydrogen) atoms. The lowest BCUT2D eigenvalue weighted by atomic mass is 10.0. The third kappa shape index (κ3) is 1.51. The maximum Gasteiger partial charge on any atom is 0.157 e. The van der Waals surface area contributed by atoms with E-state index in [9.17, 15) is 5.26 Å². The Bertz CT molecular complexity index is 892. The molecule has 2 aromatic heterocycles. The molecule has 1 aliphatic heterocycles. The van der Waals surface area contributed by atoms with Gasteiger partial charge in [-0.1, -0.05) is 23.7 Å². The summed E-state index contributed by atoms with van der Waals surface area (Å²) in [4.78, 5) is 4.60. The van der Waals surface area contributed by atoms with Crippen molar-refractivity contribution in [2.24, 2.45) is 0 Å². The molecule has 0 bridgehead atoms. The second-order valence-electron chi connectivity index (χ2n) is 4.80. The van der Waals surface area contributed by atoms with E-state index in [4.69, 9.17) is 11.6 Å². The molecule has 0 saturated heterocycles. The number of rotatable bonds is 0. The van der Waals surface area contributed by atoms with Crippen LogP contribution in [0.3, 0.4) is 0 Å². The largest absolute Gasteiger partial charge is 0.281 e. The summed E-state index contributed by atoms with van der Waals surface area (Å²) in [6, 6.07) is 10.2. The van der Waals surface area contributed by atoms with Gasteiger partial charge in [0, 0.05) is 11.3 Å². The smallest absolute Gasteiger partial charge is 0.157 e. The number of hydrogen-bond donors (Lipinski definition) is 0. The molecule has 3 nitrogen and oxygen atoms in total. The predicted molar refractivity (Wildman–Crippen MR) is 82.3 cm³/mol. The van der Waals surface area contributed by atoms with Crippen molar-refractivity contribution in [1.29, 1.82) is 5.26 Å². The van der Waals surface area contributed by atoms with Crippen molar-refractivity contribution in [2.75, 3.05) is 5.75 Å². The van der Waals surface area contributed by atoms with E-state index < -0.39 is 0 Å². The quantitative estimate of drug-likeness (QED) is 0.593. The van der Waals surface area contributed by atoms with Crippen LogP contribution in [0.25, 0.3) is 16.7 Å². The Balaban J connectivity index is 2.27. The molecule has 1 aliphatic rings. The van der Waals surface area contributed by atoms with Crippen LogP contribution in [0, 0.1) is 11.3 Å². The fraction of sp³-hybridized carbons (Fsp3) is 0.200. The van der Waals surface area contributed by atoms with Gasteiger partial charge >= 0.3 is 0 Å². The van der Waals surface area contributed by atoms with Crippen molar-refractivity contribution in [1.82, 2.24) is 9.38 Å². The summed E-state index contributed by atoms with van der Waals surface area (Å²) in [6.07, 6.45) is 0.891. The minimum Gasteiger partial charge on any atom is -0.281 e. The Morgan fingerprint density at radius 3 is 3.00 bits per heavy atom. The molecule has 0 atom stereocenters. The van der Waals surface area contributed by atoms with Gasteiger partial charge in [0.1, 0.15) is 11.2 Å². The molecule has 0 saturated carbocycles. The lowest BCUT2D eigenvalue weighted by molar-refractivity contribution is 1.04. The van der Waals surface area contributed by atoms with Crippen LogP contribution in [0.2, 0.25) is 5.15 Å². The van der Waals surface area contributed by atoms with Crippen LogP contribution >= 0.6 is 23.4 Å². The summed E-state index contributed by atoms with van der Waals surface area (Å²) in [7, 11) is 0. The van der Waals surface area contributed by atoms with Gasteiger partial charge in [0.2, 0.25) is 0 Å². The van der Waals surface area contributed by atoms with Gasteiger partial charge in [0.25, 0.3) is 0 Å². The molecule has 0 amide bonds. The van der Waals surface area contributed by atoms with Crippen molar-refractivity contribution in [3.63, 3.8) is 0 Å². The van der Waals surface area contributed by atoms with Gasteiger partial charge in [-0.15, -0.1) is 0 Å². The van der Waals surface area contributed by atoms with E-state index in [0.717, 1.165) is 40.1 Å². The Hall–Kier alpha value is -1.70. The van der Waals surface area contributed by atoms with Crippen molar-refractivity contribution in [2.45, 2.75) is 12.2 Å². The van der Waals surface area contributed by atoms with E-state index >= 15 is 0 Å². The molecule has 4 rings (SSSR count). The van der Waals surface area contributed by atoms with Gasteiger partial charge in [-0.05, 0) is 29.9 Å². The first kappa shape index (κ1) is 12.1. The summed E-state index contributed by atoms with van der Waals surface area (Å²) < 4.78 is 1.92. The first-order valence-corrected chi connectivity index (χ1v) is 7.93. The number of nitrogens with zero attached hydrogens (tertiary/aromatic N) is 3. The van der Waals surface area contributed by atoms with E-state index in [-0.39, 0.29) is 0 Å². The molecule has 0 fully saturated rings. The van der Waals surface area contributed by atoms with Gasteiger partial charge in [-0.3, -0.25) is 4.40 Å². The topological polar surface area (TPSA) is 41.1 Å². The van der Waals surface area contributed by atoms with Crippen molar-refractivity contribution < 1.29 is 0 Å². The molecule has 98 valence electrons. The van der Waals surface area contributed by atoms with Crippen molar-refractivity contribution in [3.8, 4) is 6.07 Å². The van der Waals surface area contributed by atoms with Gasteiger partial charge < -0.3 is 0 Å². The average molecular weight is 300 g/mol. The number of pyridine rings is 1. The first-order valence-electron chi connectivity index (χ1n) is 6.39. The van der Waals surface area contributed by atoms with Gasteiger partial charge in [0.05, 0.1) is 16.6 Å². The highest BCUT2D eigenvalue weighted by Crippen LogP contribution is 2.36. The molecule has 5 heteroatoms. The SMILES string of the molecule is N#Cc1c2c(c(Cl)n3c1nc1ccccc13)CSCC2. The monoisotopic (exact) mass is 299 g/mol. The van der Waals surface area contributed by atoms with E-state index in [1.54, 1.807) is 0 Å². The fourth-order valence-corrected chi connectivity index (χ4v) is 4.27. The Morgan fingerprint density at radius 2 is 2.15 bits per heavy atom. The number of imidazole rings is 1. The number of benzene rings is 1. The number of aromatic nitrogens is 2. The maximum atomic E-state index is 9.55. The van der Waals surface area contributed by atoms with Gasteiger partial charge in [-0.25, -0.2) is 4.98 Å². The number of nitriles is 1. The van der Waals surface area contributed by atoms with Crippen LogP contribution in [0.4, 0.5) is 0 Å². The predicted octanol–water partition coefficient (Wildman–Crippen LogP) is 3.80. The molecule has 0 N–H and O–H groups in total. The van der Waals surface area contributed by atoms with Crippen LogP contribution < -0.4 is 0 Å². The van der Waals surface area contributed by atoms with Crippen molar-refractivity contribution >= 4 is 40.0 Å². The van der Waals surface area contributed by atoms with Crippen LogP contribution in [-0.2, 0) is 12.2 Å². The van der Waals surface area contributed by atoms with Crippen LogP contribution in [0.15, 0.2) is 24.3 Å².